The summed E-state index contributed by atoms with van der Waals surface area (Å²) in [5.74, 6) is -0.255. The molecular formula is C18H12FN3. The van der Waals surface area contributed by atoms with Crippen molar-refractivity contribution in [1.82, 2.24) is 14.8 Å². The van der Waals surface area contributed by atoms with Crippen LogP contribution in [0, 0.1) is 5.82 Å². The Morgan fingerprint density at radius 2 is 1.68 bits per heavy atom. The fourth-order valence-corrected chi connectivity index (χ4v) is 2.44. The summed E-state index contributed by atoms with van der Waals surface area (Å²) >= 11 is 0. The van der Waals surface area contributed by atoms with E-state index < -0.39 is 0 Å². The summed E-state index contributed by atoms with van der Waals surface area (Å²) < 4.78 is 14.7. The molecule has 2 aromatic carbocycles. The summed E-state index contributed by atoms with van der Waals surface area (Å²) in [7, 11) is 0. The molecule has 0 saturated carbocycles. The van der Waals surface area contributed by atoms with Gasteiger partial charge in [0.1, 0.15) is 5.82 Å². The Labute approximate surface area is 126 Å². The van der Waals surface area contributed by atoms with E-state index in [2.05, 4.69) is 16.1 Å². The van der Waals surface area contributed by atoms with Crippen LogP contribution < -0.4 is 0 Å². The molecule has 0 spiro atoms. The van der Waals surface area contributed by atoms with E-state index >= 15 is 0 Å². The first-order valence-corrected chi connectivity index (χ1v) is 6.95. The first kappa shape index (κ1) is 12.7. The summed E-state index contributed by atoms with van der Waals surface area (Å²) in [6, 6.07) is 16.3. The van der Waals surface area contributed by atoms with Crippen LogP contribution in [-0.2, 0) is 0 Å². The molecule has 0 saturated heterocycles. The molecule has 3 nitrogen and oxygen atoms in total. The van der Waals surface area contributed by atoms with Crippen molar-refractivity contribution in [3.63, 3.8) is 0 Å². The maximum absolute atomic E-state index is 13.0. The SMILES string of the molecule is Fc1ccc(-n2cc(-c3cnc4ccccc4c3)cn2)cc1. The molecule has 4 heteroatoms. The monoisotopic (exact) mass is 289 g/mol. The molecule has 4 rings (SSSR count). The standard InChI is InChI=1S/C18H12FN3/c19-16-5-7-17(8-6-16)22-12-15(11-21-22)14-9-13-3-1-2-4-18(13)20-10-14/h1-12H. The zero-order valence-corrected chi connectivity index (χ0v) is 11.6. The van der Waals surface area contributed by atoms with Crippen molar-refractivity contribution in [3.8, 4) is 16.8 Å². The second-order valence-corrected chi connectivity index (χ2v) is 5.07. The number of nitrogens with zero attached hydrogens (tertiary/aromatic N) is 3. The molecule has 0 aliphatic heterocycles. The van der Waals surface area contributed by atoms with Crippen molar-refractivity contribution in [3.05, 3.63) is 79.0 Å². The Bertz CT molecular complexity index is 942. The lowest BCUT2D eigenvalue weighted by Gasteiger charge is -2.01. The van der Waals surface area contributed by atoms with Gasteiger partial charge in [-0.15, -0.1) is 0 Å². The quantitative estimate of drug-likeness (QED) is 0.553. The predicted molar refractivity (Wildman–Crippen MR) is 84.3 cm³/mol. The fraction of sp³-hybridized carbons (Fsp3) is 0. The molecule has 0 atom stereocenters. The van der Waals surface area contributed by atoms with Crippen molar-refractivity contribution >= 4 is 10.9 Å². The minimum Gasteiger partial charge on any atom is -0.256 e. The van der Waals surface area contributed by atoms with Crippen LogP contribution in [0.5, 0.6) is 0 Å². The molecule has 106 valence electrons. The highest BCUT2D eigenvalue weighted by atomic mass is 19.1. The maximum Gasteiger partial charge on any atom is 0.123 e. The molecular weight excluding hydrogens is 277 g/mol. The summed E-state index contributed by atoms with van der Waals surface area (Å²) in [5.41, 5.74) is 3.77. The van der Waals surface area contributed by atoms with Crippen molar-refractivity contribution in [2.45, 2.75) is 0 Å². The third-order valence-electron chi connectivity index (χ3n) is 3.60. The topological polar surface area (TPSA) is 30.7 Å². The fourth-order valence-electron chi connectivity index (χ4n) is 2.44. The average molecular weight is 289 g/mol. The molecule has 0 bridgehead atoms. The van der Waals surface area contributed by atoms with Gasteiger partial charge in [0.2, 0.25) is 0 Å². The largest absolute Gasteiger partial charge is 0.256 e. The van der Waals surface area contributed by atoms with Crippen molar-refractivity contribution in [1.29, 1.82) is 0 Å². The maximum atomic E-state index is 13.0. The van der Waals surface area contributed by atoms with Gasteiger partial charge in [0.05, 0.1) is 17.4 Å². The molecule has 0 aliphatic rings. The predicted octanol–water partition coefficient (Wildman–Crippen LogP) is 4.23. The highest BCUT2D eigenvalue weighted by molar-refractivity contribution is 5.83. The van der Waals surface area contributed by atoms with Crippen LogP contribution in [0.4, 0.5) is 4.39 Å². The third-order valence-corrected chi connectivity index (χ3v) is 3.60. The van der Waals surface area contributed by atoms with Gasteiger partial charge in [-0.05, 0) is 36.4 Å². The molecule has 0 unspecified atom stereocenters. The Morgan fingerprint density at radius 1 is 0.864 bits per heavy atom. The summed E-state index contributed by atoms with van der Waals surface area (Å²) in [5, 5.41) is 5.43. The molecule has 4 aromatic rings. The number of hydrogen-bond donors (Lipinski definition) is 0. The van der Waals surface area contributed by atoms with Crippen LogP contribution in [0.2, 0.25) is 0 Å². The van der Waals surface area contributed by atoms with Gasteiger partial charge >= 0.3 is 0 Å². The summed E-state index contributed by atoms with van der Waals surface area (Å²) in [4.78, 5) is 4.46. The highest BCUT2D eigenvalue weighted by Crippen LogP contribution is 2.23. The van der Waals surface area contributed by atoms with Gasteiger partial charge in [0.15, 0.2) is 0 Å². The summed E-state index contributed by atoms with van der Waals surface area (Å²) in [6.45, 7) is 0. The van der Waals surface area contributed by atoms with Crippen molar-refractivity contribution < 1.29 is 4.39 Å². The van der Waals surface area contributed by atoms with E-state index in [-0.39, 0.29) is 5.82 Å². The number of para-hydroxylation sites is 1. The molecule has 0 N–H and O–H groups in total. The Hall–Kier alpha value is -3.01. The van der Waals surface area contributed by atoms with Crippen LogP contribution in [0.15, 0.2) is 73.2 Å². The van der Waals surface area contributed by atoms with E-state index in [4.69, 9.17) is 0 Å². The van der Waals surface area contributed by atoms with E-state index in [9.17, 15) is 4.39 Å². The van der Waals surface area contributed by atoms with Crippen LogP contribution in [0.1, 0.15) is 0 Å². The normalized spacial score (nSPS) is 11.0. The zero-order valence-electron chi connectivity index (χ0n) is 11.6. The second kappa shape index (κ2) is 5.07. The Kier molecular flexibility index (Phi) is 2.93. The molecule has 0 amide bonds. The van der Waals surface area contributed by atoms with E-state index in [0.717, 1.165) is 27.7 Å². The number of halogens is 1. The van der Waals surface area contributed by atoms with E-state index in [1.165, 1.54) is 12.1 Å². The molecule has 22 heavy (non-hydrogen) atoms. The first-order valence-electron chi connectivity index (χ1n) is 6.95. The van der Waals surface area contributed by atoms with Crippen LogP contribution in [0.3, 0.4) is 0 Å². The van der Waals surface area contributed by atoms with Crippen LogP contribution in [-0.4, -0.2) is 14.8 Å². The summed E-state index contributed by atoms with van der Waals surface area (Å²) in [6.07, 6.45) is 5.54. The van der Waals surface area contributed by atoms with Gasteiger partial charge in [-0.2, -0.15) is 5.10 Å². The number of aromatic nitrogens is 3. The van der Waals surface area contributed by atoms with Gasteiger partial charge < -0.3 is 0 Å². The van der Waals surface area contributed by atoms with Crippen molar-refractivity contribution in [2.24, 2.45) is 0 Å². The minimum absolute atomic E-state index is 0.255. The Morgan fingerprint density at radius 3 is 2.55 bits per heavy atom. The number of pyridine rings is 1. The number of hydrogen-bond acceptors (Lipinski definition) is 2. The van der Waals surface area contributed by atoms with Gasteiger partial charge in [0, 0.05) is 28.9 Å². The molecule has 2 heterocycles. The van der Waals surface area contributed by atoms with Gasteiger partial charge in [-0.1, -0.05) is 18.2 Å². The lowest BCUT2D eigenvalue weighted by molar-refractivity contribution is 0.627. The molecule has 0 aliphatic carbocycles. The van der Waals surface area contributed by atoms with Crippen LogP contribution in [0.25, 0.3) is 27.7 Å². The van der Waals surface area contributed by atoms with E-state index in [0.29, 0.717) is 0 Å². The zero-order chi connectivity index (χ0) is 14.9. The van der Waals surface area contributed by atoms with Gasteiger partial charge in [0.25, 0.3) is 0 Å². The average Bonchev–Trinajstić information content (AvgIpc) is 3.05. The van der Waals surface area contributed by atoms with Crippen LogP contribution >= 0.6 is 0 Å². The second-order valence-electron chi connectivity index (χ2n) is 5.07. The molecule has 0 radical (unpaired) electrons. The van der Waals surface area contributed by atoms with Crippen molar-refractivity contribution in [2.75, 3.05) is 0 Å². The third kappa shape index (κ3) is 2.24. The highest BCUT2D eigenvalue weighted by Gasteiger charge is 2.05. The van der Waals surface area contributed by atoms with Gasteiger partial charge in [-0.25, -0.2) is 9.07 Å². The molecule has 2 aromatic heterocycles. The first-order chi connectivity index (χ1) is 10.8. The smallest absolute Gasteiger partial charge is 0.123 e. The lowest BCUT2D eigenvalue weighted by Crippen LogP contribution is -1.93. The number of fused-ring (bicyclic) bond motifs is 1. The van der Waals surface area contributed by atoms with Gasteiger partial charge in [-0.3, -0.25) is 4.98 Å². The lowest BCUT2D eigenvalue weighted by atomic mass is 10.1. The molecule has 0 fully saturated rings. The van der Waals surface area contributed by atoms with E-state index in [1.807, 2.05) is 36.7 Å². The number of rotatable bonds is 2. The van der Waals surface area contributed by atoms with E-state index in [1.54, 1.807) is 23.0 Å². The number of benzene rings is 2. The minimum atomic E-state index is -0.255. The Balaban J connectivity index is 1.74.